The molecule has 0 bridgehead atoms. The second kappa shape index (κ2) is 11.0. The van der Waals surface area contributed by atoms with E-state index in [1.54, 1.807) is 44.2 Å². The van der Waals surface area contributed by atoms with Crippen LogP contribution in [0.1, 0.15) is 54.3 Å². The molecule has 1 aliphatic heterocycles. The number of hydrogen-bond acceptors (Lipinski definition) is 7. The van der Waals surface area contributed by atoms with E-state index in [-0.39, 0.29) is 40.3 Å². The first-order valence-electron chi connectivity index (χ1n) is 10.9. The summed E-state index contributed by atoms with van der Waals surface area (Å²) in [5, 5.41) is 2.52. The van der Waals surface area contributed by atoms with Gasteiger partial charge in [-0.15, -0.1) is 0 Å². The standard InChI is InChI=1S/C25H25ClN2O6/c1-4-5-12-33-24(31)17-9-7-11-19(14-17)28-22(29)20(26)21(23(28)30)27-18-10-6-8-16(13-18)25(32)34-15(2)3/h6-11,13-15,27H,4-5,12H2,1-3H3. The molecule has 0 atom stereocenters. The maximum Gasteiger partial charge on any atom is 0.338 e. The van der Waals surface area contributed by atoms with Gasteiger partial charge < -0.3 is 14.8 Å². The highest BCUT2D eigenvalue weighted by Crippen LogP contribution is 2.31. The van der Waals surface area contributed by atoms with E-state index in [9.17, 15) is 19.2 Å². The molecule has 0 fully saturated rings. The first-order valence-corrected chi connectivity index (χ1v) is 11.2. The molecule has 1 heterocycles. The van der Waals surface area contributed by atoms with E-state index in [1.165, 1.54) is 18.2 Å². The Labute approximate surface area is 202 Å². The van der Waals surface area contributed by atoms with Gasteiger partial charge in [-0.2, -0.15) is 0 Å². The molecule has 0 radical (unpaired) electrons. The molecule has 178 valence electrons. The van der Waals surface area contributed by atoms with E-state index in [0.29, 0.717) is 5.69 Å². The Morgan fingerprint density at radius 2 is 1.68 bits per heavy atom. The maximum atomic E-state index is 13.1. The fourth-order valence-corrected chi connectivity index (χ4v) is 3.37. The summed E-state index contributed by atoms with van der Waals surface area (Å²) in [5.74, 6) is -2.49. The molecular weight excluding hydrogens is 460 g/mol. The number of hydrogen-bond donors (Lipinski definition) is 1. The third-order valence-corrected chi connectivity index (χ3v) is 5.16. The first kappa shape index (κ1) is 25.0. The highest BCUT2D eigenvalue weighted by Gasteiger charge is 2.39. The molecular formula is C25H25ClN2O6. The van der Waals surface area contributed by atoms with E-state index in [1.807, 2.05) is 6.92 Å². The number of anilines is 2. The van der Waals surface area contributed by atoms with Crippen LogP contribution in [-0.4, -0.2) is 36.5 Å². The Hall–Kier alpha value is -3.65. The minimum Gasteiger partial charge on any atom is -0.462 e. The average molecular weight is 485 g/mol. The van der Waals surface area contributed by atoms with Crippen molar-refractivity contribution < 1.29 is 28.7 Å². The van der Waals surface area contributed by atoms with Crippen LogP contribution in [0.2, 0.25) is 0 Å². The molecule has 3 rings (SSSR count). The molecule has 8 nitrogen and oxygen atoms in total. The van der Waals surface area contributed by atoms with Gasteiger partial charge in [0.1, 0.15) is 10.7 Å². The van der Waals surface area contributed by atoms with E-state index in [4.69, 9.17) is 21.1 Å². The summed E-state index contributed by atoms with van der Waals surface area (Å²) < 4.78 is 10.4. The monoisotopic (exact) mass is 484 g/mol. The van der Waals surface area contributed by atoms with Gasteiger partial charge in [0.2, 0.25) is 0 Å². The van der Waals surface area contributed by atoms with E-state index < -0.39 is 23.8 Å². The molecule has 2 aromatic carbocycles. The van der Waals surface area contributed by atoms with Crippen LogP contribution in [0, 0.1) is 0 Å². The quantitative estimate of drug-likeness (QED) is 0.314. The van der Waals surface area contributed by atoms with E-state index in [0.717, 1.165) is 17.7 Å². The largest absolute Gasteiger partial charge is 0.462 e. The minimum atomic E-state index is -0.735. The normalized spacial score (nSPS) is 13.5. The average Bonchev–Trinajstić information content (AvgIpc) is 3.02. The summed E-state index contributed by atoms with van der Waals surface area (Å²) in [6.45, 7) is 5.74. The van der Waals surface area contributed by atoms with E-state index in [2.05, 4.69) is 5.32 Å². The molecule has 0 spiro atoms. The highest BCUT2D eigenvalue weighted by atomic mass is 35.5. The zero-order valence-corrected chi connectivity index (χ0v) is 19.8. The van der Waals surface area contributed by atoms with Crippen LogP contribution in [0.15, 0.2) is 59.3 Å². The Balaban J connectivity index is 1.80. The number of unbranched alkanes of at least 4 members (excludes halogenated alkanes) is 1. The molecule has 0 saturated heterocycles. The van der Waals surface area contributed by atoms with Gasteiger partial charge in [0.05, 0.1) is 29.5 Å². The molecule has 34 heavy (non-hydrogen) atoms. The van der Waals surface area contributed by atoms with Gasteiger partial charge in [-0.25, -0.2) is 14.5 Å². The van der Waals surface area contributed by atoms with Crippen LogP contribution >= 0.6 is 11.6 Å². The molecule has 0 aromatic heterocycles. The number of carbonyl (C=O) groups is 4. The molecule has 0 aliphatic carbocycles. The summed E-state index contributed by atoms with van der Waals surface area (Å²) >= 11 is 6.20. The molecule has 0 saturated carbocycles. The van der Waals surface area contributed by atoms with Crippen molar-refractivity contribution in [3.05, 3.63) is 70.4 Å². The molecule has 1 N–H and O–H groups in total. The lowest BCUT2D eigenvalue weighted by Gasteiger charge is -2.16. The smallest absolute Gasteiger partial charge is 0.338 e. The molecule has 2 amide bonds. The number of rotatable bonds is 9. The van der Waals surface area contributed by atoms with Crippen molar-refractivity contribution in [2.24, 2.45) is 0 Å². The third kappa shape index (κ3) is 5.63. The van der Waals surface area contributed by atoms with Crippen molar-refractivity contribution in [1.29, 1.82) is 0 Å². The number of esters is 2. The Morgan fingerprint density at radius 1 is 1.00 bits per heavy atom. The Morgan fingerprint density at radius 3 is 2.35 bits per heavy atom. The number of nitrogens with zero attached hydrogens (tertiary/aromatic N) is 1. The summed E-state index contributed by atoms with van der Waals surface area (Å²) in [7, 11) is 0. The van der Waals surface area contributed by atoms with Gasteiger partial charge >= 0.3 is 11.9 Å². The van der Waals surface area contributed by atoms with Crippen LogP contribution < -0.4 is 10.2 Å². The lowest BCUT2D eigenvalue weighted by atomic mass is 10.2. The van der Waals surface area contributed by atoms with Crippen molar-refractivity contribution in [2.75, 3.05) is 16.8 Å². The number of imide groups is 1. The predicted molar refractivity (Wildman–Crippen MR) is 128 cm³/mol. The van der Waals surface area contributed by atoms with Crippen LogP contribution in [0.5, 0.6) is 0 Å². The van der Waals surface area contributed by atoms with Gasteiger partial charge in [0, 0.05) is 5.69 Å². The van der Waals surface area contributed by atoms with Gasteiger partial charge in [0.25, 0.3) is 11.8 Å². The van der Waals surface area contributed by atoms with Crippen LogP contribution in [0.25, 0.3) is 0 Å². The minimum absolute atomic E-state index is 0.142. The predicted octanol–water partition coefficient (Wildman–Crippen LogP) is 4.64. The van der Waals surface area contributed by atoms with Crippen molar-refractivity contribution in [2.45, 2.75) is 39.7 Å². The van der Waals surface area contributed by atoms with E-state index >= 15 is 0 Å². The zero-order valence-electron chi connectivity index (χ0n) is 19.1. The van der Waals surface area contributed by atoms with Crippen molar-refractivity contribution in [3.8, 4) is 0 Å². The maximum absolute atomic E-state index is 13.1. The third-order valence-electron chi connectivity index (χ3n) is 4.81. The lowest BCUT2D eigenvalue weighted by molar-refractivity contribution is -0.120. The van der Waals surface area contributed by atoms with Crippen LogP contribution in [0.3, 0.4) is 0 Å². The topological polar surface area (TPSA) is 102 Å². The number of ether oxygens (including phenoxy) is 2. The van der Waals surface area contributed by atoms with Gasteiger partial charge in [-0.1, -0.05) is 37.1 Å². The highest BCUT2D eigenvalue weighted by molar-refractivity contribution is 6.53. The fraction of sp³-hybridized carbons (Fsp3) is 0.280. The molecule has 9 heteroatoms. The van der Waals surface area contributed by atoms with Gasteiger partial charge in [-0.05, 0) is 56.7 Å². The van der Waals surface area contributed by atoms with Crippen molar-refractivity contribution in [3.63, 3.8) is 0 Å². The SMILES string of the molecule is CCCCOC(=O)c1cccc(N2C(=O)C(Cl)=C(Nc3cccc(C(=O)OC(C)C)c3)C2=O)c1. The number of carbonyl (C=O) groups excluding carboxylic acids is 4. The second-order valence-electron chi connectivity index (χ2n) is 7.83. The molecule has 2 aromatic rings. The number of halogens is 1. The van der Waals surface area contributed by atoms with Gasteiger partial charge in [-0.3, -0.25) is 9.59 Å². The second-order valence-corrected chi connectivity index (χ2v) is 8.21. The number of nitrogens with one attached hydrogen (secondary N) is 1. The number of benzene rings is 2. The fourth-order valence-electron chi connectivity index (χ4n) is 3.16. The Kier molecular flexibility index (Phi) is 8.07. The van der Waals surface area contributed by atoms with Crippen LogP contribution in [0.4, 0.5) is 11.4 Å². The Bertz CT molecular complexity index is 1160. The van der Waals surface area contributed by atoms with Crippen molar-refractivity contribution >= 4 is 46.7 Å². The summed E-state index contributed by atoms with van der Waals surface area (Å²) in [6.07, 6.45) is 1.33. The first-order chi connectivity index (χ1) is 16.2. The molecule has 1 aliphatic rings. The summed E-state index contributed by atoms with van der Waals surface area (Å²) in [4.78, 5) is 51.2. The summed E-state index contributed by atoms with van der Waals surface area (Å²) in [6, 6.07) is 12.3. The summed E-state index contributed by atoms with van der Waals surface area (Å²) in [5.41, 5.74) is 0.908. The van der Waals surface area contributed by atoms with Crippen molar-refractivity contribution in [1.82, 2.24) is 0 Å². The number of amides is 2. The molecule has 0 unspecified atom stereocenters. The van der Waals surface area contributed by atoms with Gasteiger partial charge in [0.15, 0.2) is 0 Å². The zero-order chi connectivity index (χ0) is 24.8. The lowest BCUT2D eigenvalue weighted by Crippen LogP contribution is -2.32. The van der Waals surface area contributed by atoms with Crippen LogP contribution in [-0.2, 0) is 19.1 Å².